The number of carbonyl (C=O) groups excluding carboxylic acids is 2. The minimum absolute atomic E-state index is 0.0325. The summed E-state index contributed by atoms with van der Waals surface area (Å²) in [5.74, 6) is -0.969. The molecule has 0 saturated heterocycles. The van der Waals surface area contributed by atoms with Gasteiger partial charge < -0.3 is 20.1 Å². The first kappa shape index (κ1) is 51.9. The van der Waals surface area contributed by atoms with Crippen LogP contribution in [0.4, 0.5) is 0 Å². The monoisotopic (exact) mass is 788 g/mol. The highest BCUT2D eigenvalue weighted by Crippen LogP contribution is 2.43. The van der Waals surface area contributed by atoms with Crippen molar-refractivity contribution in [3.63, 3.8) is 0 Å². The maximum absolute atomic E-state index is 12.5. The summed E-state index contributed by atoms with van der Waals surface area (Å²) < 4.78 is 32.6. The predicted molar refractivity (Wildman–Crippen MR) is 228 cm³/mol. The molecule has 0 aliphatic rings. The van der Waals surface area contributed by atoms with E-state index in [0.29, 0.717) is 19.3 Å². The highest BCUT2D eigenvalue weighted by molar-refractivity contribution is 7.47. The van der Waals surface area contributed by atoms with Crippen LogP contribution >= 0.6 is 7.82 Å². The fraction of sp³-hybridized carbons (Fsp3) is 0.600. The number of hydrogen-bond acceptors (Lipinski definition) is 8. The molecule has 10 heteroatoms. The van der Waals surface area contributed by atoms with E-state index in [1.165, 1.54) is 38.5 Å². The van der Waals surface area contributed by atoms with Crippen molar-refractivity contribution in [3.8, 4) is 0 Å². The number of phosphoric ester groups is 1. The number of unbranched alkanes of at least 4 members (excludes halogenated alkanes) is 8. The largest absolute Gasteiger partial charge is 0.472 e. The molecule has 0 spiro atoms. The van der Waals surface area contributed by atoms with Crippen LogP contribution in [0.5, 0.6) is 0 Å². The number of esters is 2. The Morgan fingerprint density at radius 2 is 1.00 bits per heavy atom. The fourth-order valence-electron chi connectivity index (χ4n) is 4.92. The number of ether oxygens (including phenoxy) is 2. The Balaban J connectivity index is 4.39. The Hall–Kier alpha value is -3.07. The zero-order valence-electron chi connectivity index (χ0n) is 34.1. The fourth-order valence-corrected chi connectivity index (χ4v) is 5.68. The second kappa shape index (κ2) is 40.6. The molecule has 0 aromatic rings. The van der Waals surface area contributed by atoms with Gasteiger partial charge in [-0.2, -0.15) is 0 Å². The molecule has 0 rings (SSSR count). The molecular formula is C45H74NO8P. The molecule has 1 unspecified atom stereocenters. The van der Waals surface area contributed by atoms with Gasteiger partial charge in [0.2, 0.25) is 0 Å². The van der Waals surface area contributed by atoms with E-state index in [1.807, 2.05) is 12.2 Å². The van der Waals surface area contributed by atoms with E-state index in [2.05, 4.69) is 98.9 Å². The number of rotatable bonds is 37. The summed E-state index contributed by atoms with van der Waals surface area (Å²) in [5, 5.41) is 0. The quantitative estimate of drug-likeness (QED) is 0.0273. The molecule has 0 radical (unpaired) electrons. The van der Waals surface area contributed by atoms with Crippen LogP contribution in [-0.2, 0) is 32.7 Å². The Labute approximate surface area is 334 Å². The summed E-state index contributed by atoms with van der Waals surface area (Å²) in [6.45, 7) is 3.45. The third-order valence-electron chi connectivity index (χ3n) is 7.95. The van der Waals surface area contributed by atoms with Gasteiger partial charge in [0.15, 0.2) is 6.10 Å². The highest BCUT2D eigenvalue weighted by Gasteiger charge is 2.25. The number of nitrogens with two attached hydrogens (primary N) is 1. The molecule has 2 atom stereocenters. The van der Waals surface area contributed by atoms with E-state index < -0.39 is 32.5 Å². The summed E-state index contributed by atoms with van der Waals surface area (Å²) in [7, 11) is -4.41. The zero-order chi connectivity index (χ0) is 40.3. The van der Waals surface area contributed by atoms with Gasteiger partial charge in [0, 0.05) is 19.4 Å². The molecule has 0 bridgehead atoms. The predicted octanol–water partition coefficient (Wildman–Crippen LogP) is 11.8. The first-order valence-electron chi connectivity index (χ1n) is 20.7. The van der Waals surface area contributed by atoms with Crippen LogP contribution in [-0.4, -0.2) is 49.3 Å². The summed E-state index contributed by atoms with van der Waals surface area (Å²) >= 11 is 0. The van der Waals surface area contributed by atoms with Gasteiger partial charge in [-0.25, -0.2) is 4.57 Å². The van der Waals surface area contributed by atoms with E-state index in [0.717, 1.165) is 57.8 Å². The topological polar surface area (TPSA) is 134 Å². The number of phosphoric acid groups is 1. The van der Waals surface area contributed by atoms with E-state index >= 15 is 0 Å². The van der Waals surface area contributed by atoms with Crippen molar-refractivity contribution in [2.24, 2.45) is 5.73 Å². The van der Waals surface area contributed by atoms with Crippen molar-refractivity contribution in [1.82, 2.24) is 0 Å². The average molecular weight is 788 g/mol. The van der Waals surface area contributed by atoms with Crippen LogP contribution in [0.2, 0.25) is 0 Å². The third kappa shape index (κ3) is 40.4. The van der Waals surface area contributed by atoms with Crippen molar-refractivity contribution in [2.45, 2.75) is 148 Å². The lowest BCUT2D eigenvalue weighted by Crippen LogP contribution is -2.29. The molecule has 3 N–H and O–H groups in total. The molecule has 9 nitrogen and oxygen atoms in total. The van der Waals surface area contributed by atoms with Crippen molar-refractivity contribution in [3.05, 3.63) is 97.2 Å². The second-order valence-corrected chi connectivity index (χ2v) is 14.6. The molecule has 0 saturated carbocycles. The van der Waals surface area contributed by atoms with Gasteiger partial charge in [-0.15, -0.1) is 0 Å². The lowest BCUT2D eigenvalue weighted by atomic mass is 10.1. The maximum atomic E-state index is 12.5. The standard InChI is InChI=1S/C45H74NO8P/c1-3-5-7-9-11-13-15-17-19-21-23-25-27-29-31-33-35-37-44(47)51-41-43(42-53-55(49,50)52-40-39-46)54-45(48)38-36-34-32-30-28-26-24-22-20-18-16-14-12-10-8-6-4-2/h6,8,12,14,17-20,23-26,29-32,43H,3-5,7,9-11,13,15-16,21-22,27-28,33-42,46H2,1-2H3,(H,49,50)/b8-6-,14-12-,19-17-,20-18-,25-23-,26-24-,31-29-,32-30-/t43-/m1/s1. The summed E-state index contributed by atoms with van der Waals surface area (Å²) in [5.41, 5.74) is 5.33. The van der Waals surface area contributed by atoms with Crippen LogP contribution in [0.1, 0.15) is 142 Å². The minimum Gasteiger partial charge on any atom is -0.462 e. The van der Waals surface area contributed by atoms with E-state index in [9.17, 15) is 19.0 Å². The summed E-state index contributed by atoms with van der Waals surface area (Å²) in [4.78, 5) is 34.8. The molecule has 0 fully saturated rings. The van der Waals surface area contributed by atoms with Crippen LogP contribution < -0.4 is 5.73 Å². The summed E-state index contributed by atoms with van der Waals surface area (Å²) in [6, 6.07) is 0. The van der Waals surface area contributed by atoms with Gasteiger partial charge in [0.25, 0.3) is 0 Å². The van der Waals surface area contributed by atoms with Gasteiger partial charge in [-0.05, 0) is 83.5 Å². The first-order chi connectivity index (χ1) is 26.8. The molecule has 0 aromatic carbocycles. The molecule has 0 heterocycles. The zero-order valence-corrected chi connectivity index (χ0v) is 35.0. The van der Waals surface area contributed by atoms with Crippen LogP contribution in [0.25, 0.3) is 0 Å². The highest BCUT2D eigenvalue weighted by atomic mass is 31.2. The molecule has 55 heavy (non-hydrogen) atoms. The number of hydrogen-bond donors (Lipinski definition) is 2. The van der Waals surface area contributed by atoms with Crippen molar-refractivity contribution < 1.29 is 37.6 Å². The van der Waals surface area contributed by atoms with Crippen LogP contribution in [0.15, 0.2) is 97.2 Å². The van der Waals surface area contributed by atoms with Crippen molar-refractivity contribution in [2.75, 3.05) is 26.4 Å². The SMILES string of the molecule is CC/C=C\C/C=C\C/C=C\C/C=C\C/C=C\CCCC(=O)O[C@H](COC(=O)CCC/C=C\C/C=C\C/C=C\CCCCCCCC)COP(=O)(O)OCCN. The molecule has 0 amide bonds. The smallest absolute Gasteiger partial charge is 0.462 e. The minimum atomic E-state index is -4.41. The summed E-state index contributed by atoms with van der Waals surface area (Å²) in [6.07, 6.45) is 51.7. The van der Waals surface area contributed by atoms with Gasteiger partial charge >= 0.3 is 19.8 Å². The van der Waals surface area contributed by atoms with Gasteiger partial charge in [-0.3, -0.25) is 18.6 Å². The van der Waals surface area contributed by atoms with Crippen LogP contribution in [0.3, 0.4) is 0 Å². The van der Waals surface area contributed by atoms with Crippen LogP contribution in [0, 0.1) is 0 Å². The van der Waals surface area contributed by atoms with Crippen molar-refractivity contribution in [1.29, 1.82) is 0 Å². The first-order valence-corrected chi connectivity index (χ1v) is 22.2. The third-order valence-corrected chi connectivity index (χ3v) is 8.94. The van der Waals surface area contributed by atoms with Gasteiger partial charge in [0.1, 0.15) is 6.61 Å². The molecular weight excluding hydrogens is 713 g/mol. The van der Waals surface area contributed by atoms with Crippen molar-refractivity contribution >= 4 is 19.8 Å². The normalized spacial score (nSPS) is 14.3. The molecule has 0 aliphatic heterocycles. The molecule has 0 aromatic heterocycles. The number of carbonyl (C=O) groups is 2. The van der Waals surface area contributed by atoms with Gasteiger partial charge in [-0.1, -0.05) is 143 Å². The Bertz CT molecular complexity index is 1220. The average Bonchev–Trinajstić information content (AvgIpc) is 3.17. The number of allylic oxidation sites excluding steroid dienone is 16. The van der Waals surface area contributed by atoms with E-state index in [4.69, 9.17) is 24.3 Å². The Morgan fingerprint density at radius 3 is 1.49 bits per heavy atom. The Kier molecular flexibility index (Phi) is 38.3. The maximum Gasteiger partial charge on any atom is 0.472 e. The van der Waals surface area contributed by atoms with Gasteiger partial charge in [0.05, 0.1) is 13.2 Å². The lowest BCUT2D eigenvalue weighted by Gasteiger charge is -2.19. The lowest BCUT2D eigenvalue weighted by molar-refractivity contribution is -0.161. The Morgan fingerprint density at radius 1 is 0.564 bits per heavy atom. The van der Waals surface area contributed by atoms with E-state index in [-0.39, 0.29) is 32.6 Å². The molecule has 0 aliphatic carbocycles. The van der Waals surface area contributed by atoms with E-state index in [1.54, 1.807) is 0 Å². The molecule has 312 valence electrons. The second-order valence-electron chi connectivity index (χ2n) is 13.1.